The number of hydrogen-bond acceptors (Lipinski definition) is 4. The Labute approximate surface area is 136 Å². The molecular formula is C18H36O4. The number of rotatable bonds is 17. The molecule has 0 aliphatic heterocycles. The van der Waals surface area contributed by atoms with Crippen molar-refractivity contribution < 1.29 is 19.0 Å². The monoisotopic (exact) mass is 316 g/mol. The largest absolute Gasteiger partial charge is 0.466 e. The summed E-state index contributed by atoms with van der Waals surface area (Å²) in [6.07, 6.45) is 11.2. The average Bonchev–Trinajstić information content (AvgIpc) is 2.53. The van der Waals surface area contributed by atoms with Crippen molar-refractivity contribution >= 4 is 5.97 Å². The van der Waals surface area contributed by atoms with Gasteiger partial charge in [0.25, 0.3) is 0 Å². The third kappa shape index (κ3) is 17.4. The minimum absolute atomic E-state index is 0.124. The van der Waals surface area contributed by atoms with Gasteiger partial charge in [0, 0.05) is 19.6 Å². The summed E-state index contributed by atoms with van der Waals surface area (Å²) in [5.41, 5.74) is 0. The zero-order valence-corrected chi connectivity index (χ0v) is 14.7. The van der Waals surface area contributed by atoms with Crippen molar-refractivity contribution in [2.45, 2.75) is 78.1 Å². The Kier molecular flexibility index (Phi) is 17.9. The highest BCUT2D eigenvalue weighted by atomic mass is 16.5. The van der Waals surface area contributed by atoms with E-state index < -0.39 is 0 Å². The van der Waals surface area contributed by atoms with Crippen LogP contribution in [0.3, 0.4) is 0 Å². The predicted molar refractivity (Wildman–Crippen MR) is 90.1 cm³/mol. The molecule has 0 atom stereocenters. The van der Waals surface area contributed by atoms with Crippen LogP contribution in [0.15, 0.2) is 0 Å². The summed E-state index contributed by atoms with van der Waals surface area (Å²) in [4.78, 5) is 11.2. The summed E-state index contributed by atoms with van der Waals surface area (Å²) in [6.45, 7) is 7.45. The quantitative estimate of drug-likeness (QED) is 0.293. The lowest BCUT2D eigenvalue weighted by molar-refractivity contribution is -0.144. The number of carbonyl (C=O) groups excluding carboxylic acids is 1. The van der Waals surface area contributed by atoms with E-state index in [0.29, 0.717) is 32.8 Å². The van der Waals surface area contributed by atoms with Gasteiger partial charge in [-0.25, -0.2) is 0 Å². The molecule has 0 rings (SSSR count). The molecule has 0 N–H and O–H groups in total. The Morgan fingerprint density at radius 1 is 0.636 bits per heavy atom. The number of hydrogen-bond donors (Lipinski definition) is 0. The Morgan fingerprint density at radius 3 is 1.86 bits per heavy atom. The van der Waals surface area contributed by atoms with Crippen LogP contribution in [0.5, 0.6) is 0 Å². The van der Waals surface area contributed by atoms with Crippen molar-refractivity contribution in [2.75, 3.05) is 33.0 Å². The van der Waals surface area contributed by atoms with Crippen molar-refractivity contribution in [3.05, 3.63) is 0 Å². The molecule has 132 valence electrons. The van der Waals surface area contributed by atoms with Gasteiger partial charge in [-0.05, 0) is 19.3 Å². The van der Waals surface area contributed by atoms with Gasteiger partial charge < -0.3 is 14.2 Å². The van der Waals surface area contributed by atoms with E-state index in [9.17, 15) is 4.79 Å². The highest BCUT2D eigenvalue weighted by Crippen LogP contribution is 2.06. The summed E-state index contributed by atoms with van der Waals surface area (Å²) in [7, 11) is 0. The summed E-state index contributed by atoms with van der Waals surface area (Å²) < 4.78 is 15.9. The maximum absolute atomic E-state index is 11.2. The lowest BCUT2D eigenvalue weighted by Crippen LogP contribution is -2.09. The Hall–Kier alpha value is -0.610. The first-order valence-corrected chi connectivity index (χ1v) is 9.12. The van der Waals surface area contributed by atoms with Crippen LogP contribution in [0, 0.1) is 0 Å². The molecule has 0 aliphatic rings. The second-order valence-electron chi connectivity index (χ2n) is 5.67. The topological polar surface area (TPSA) is 44.8 Å². The third-order valence-electron chi connectivity index (χ3n) is 3.40. The molecule has 4 nitrogen and oxygen atoms in total. The van der Waals surface area contributed by atoms with E-state index in [-0.39, 0.29) is 5.97 Å². The van der Waals surface area contributed by atoms with E-state index in [0.717, 1.165) is 25.9 Å². The van der Waals surface area contributed by atoms with Crippen LogP contribution in [0.1, 0.15) is 78.1 Å². The van der Waals surface area contributed by atoms with Crippen LogP contribution < -0.4 is 0 Å². The molecule has 0 aromatic carbocycles. The summed E-state index contributed by atoms with van der Waals surface area (Å²) in [5.74, 6) is -0.124. The molecule has 0 radical (unpaired) electrons. The van der Waals surface area contributed by atoms with Gasteiger partial charge in [0.15, 0.2) is 0 Å². The zero-order valence-electron chi connectivity index (χ0n) is 14.7. The summed E-state index contributed by atoms with van der Waals surface area (Å²) >= 11 is 0. The summed E-state index contributed by atoms with van der Waals surface area (Å²) in [5, 5.41) is 0. The molecule has 0 saturated carbocycles. The molecule has 0 spiro atoms. The molecule has 0 unspecified atom stereocenters. The third-order valence-corrected chi connectivity index (χ3v) is 3.40. The van der Waals surface area contributed by atoms with Crippen LogP contribution in [0.4, 0.5) is 0 Å². The number of esters is 1. The first-order chi connectivity index (χ1) is 10.8. The van der Waals surface area contributed by atoms with E-state index in [1.165, 1.54) is 38.5 Å². The molecular weight excluding hydrogens is 280 g/mol. The average molecular weight is 316 g/mol. The van der Waals surface area contributed by atoms with Crippen molar-refractivity contribution in [3.63, 3.8) is 0 Å². The molecule has 0 aromatic rings. The minimum Gasteiger partial charge on any atom is -0.466 e. The first-order valence-electron chi connectivity index (χ1n) is 9.12. The zero-order chi connectivity index (χ0) is 16.3. The fourth-order valence-corrected chi connectivity index (χ4v) is 2.09. The van der Waals surface area contributed by atoms with Crippen molar-refractivity contribution in [1.82, 2.24) is 0 Å². The molecule has 0 fully saturated rings. The van der Waals surface area contributed by atoms with Gasteiger partial charge in [-0.15, -0.1) is 0 Å². The van der Waals surface area contributed by atoms with Crippen LogP contribution in [0.25, 0.3) is 0 Å². The SMILES string of the molecule is CCCCCCCCCOCCOCCCC(=O)OCCC. The van der Waals surface area contributed by atoms with E-state index >= 15 is 0 Å². The molecule has 0 aromatic heterocycles. The van der Waals surface area contributed by atoms with E-state index in [1.54, 1.807) is 0 Å². The predicted octanol–water partition coefficient (Wildman–Crippen LogP) is 4.50. The lowest BCUT2D eigenvalue weighted by Gasteiger charge is -2.06. The Balaban J connectivity index is 3.04. The van der Waals surface area contributed by atoms with Gasteiger partial charge in [0.05, 0.1) is 19.8 Å². The van der Waals surface area contributed by atoms with Gasteiger partial charge in [-0.2, -0.15) is 0 Å². The lowest BCUT2D eigenvalue weighted by atomic mass is 10.1. The van der Waals surface area contributed by atoms with Crippen molar-refractivity contribution in [2.24, 2.45) is 0 Å². The van der Waals surface area contributed by atoms with Crippen molar-refractivity contribution in [3.8, 4) is 0 Å². The van der Waals surface area contributed by atoms with E-state index in [4.69, 9.17) is 14.2 Å². The first kappa shape index (κ1) is 21.4. The minimum atomic E-state index is -0.124. The normalized spacial score (nSPS) is 10.8. The molecule has 0 bridgehead atoms. The molecule has 4 heteroatoms. The Morgan fingerprint density at radius 2 is 1.23 bits per heavy atom. The van der Waals surface area contributed by atoms with Gasteiger partial charge in [-0.1, -0.05) is 52.4 Å². The van der Waals surface area contributed by atoms with Gasteiger partial charge in [0.1, 0.15) is 0 Å². The molecule has 0 amide bonds. The van der Waals surface area contributed by atoms with E-state index in [1.807, 2.05) is 6.92 Å². The second-order valence-corrected chi connectivity index (χ2v) is 5.67. The summed E-state index contributed by atoms with van der Waals surface area (Å²) in [6, 6.07) is 0. The van der Waals surface area contributed by atoms with Crippen molar-refractivity contribution in [1.29, 1.82) is 0 Å². The second kappa shape index (κ2) is 18.4. The highest BCUT2D eigenvalue weighted by Gasteiger charge is 2.01. The fraction of sp³-hybridized carbons (Fsp3) is 0.944. The number of carbonyl (C=O) groups is 1. The van der Waals surface area contributed by atoms with E-state index in [2.05, 4.69) is 6.92 Å². The smallest absolute Gasteiger partial charge is 0.305 e. The molecule has 0 saturated heterocycles. The fourth-order valence-electron chi connectivity index (χ4n) is 2.09. The van der Waals surface area contributed by atoms with Gasteiger partial charge in [-0.3, -0.25) is 4.79 Å². The van der Waals surface area contributed by atoms with Gasteiger partial charge in [0.2, 0.25) is 0 Å². The highest BCUT2D eigenvalue weighted by molar-refractivity contribution is 5.69. The van der Waals surface area contributed by atoms with Crippen LogP contribution in [0.2, 0.25) is 0 Å². The van der Waals surface area contributed by atoms with Crippen LogP contribution in [-0.2, 0) is 19.0 Å². The molecule has 0 heterocycles. The Bertz CT molecular complexity index is 231. The molecule has 22 heavy (non-hydrogen) atoms. The maximum Gasteiger partial charge on any atom is 0.305 e. The number of unbranched alkanes of at least 4 members (excludes halogenated alkanes) is 6. The van der Waals surface area contributed by atoms with Crippen LogP contribution >= 0.6 is 0 Å². The number of ether oxygens (including phenoxy) is 3. The standard InChI is InChI=1S/C18H36O4/c1-3-5-6-7-8-9-10-14-20-16-17-21-15-11-12-18(19)22-13-4-2/h3-17H2,1-2H3. The van der Waals surface area contributed by atoms with Gasteiger partial charge >= 0.3 is 5.97 Å². The van der Waals surface area contributed by atoms with Crippen LogP contribution in [-0.4, -0.2) is 39.0 Å². The molecule has 0 aliphatic carbocycles. The maximum atomic E-state index is 11.2.